The van der Waals surface area contributed by atoms with Gasteiger partial charge >= 0.3 is 8.56 Å². The van der Waals surface area contributed by atoms with Crippen LogP contribution in [0.1, 0.15) is 27.2 Å². The minimum atomic E-state index is -1.92. The molecule has 0 aliphatic heterocycles. The standard InChI is InChI=1S/C14H34O4Si2/c1-14(2,3)19(6,7)18-12-11-17-10-9-13-20(8,15-4)16-5/h9-13H2,1-8H3. The summed E-state index contributed by atoms with van der Waals surface area (Å²) in [5, 5.41) is 0.261. The molecule has 0 rings (SSSR count). The molecule has 20 heavy (non-hydrogen) atoms. The smallest absolute Gasteiger partial charge is 0.334 e. The van der Waals surface area contributed by atoms with Crippen molar-refractivity contribution >= 4 is 16.9 Å². The van der Waals surface area contributed by atoms with E-state index in [1.54, 1.807) is 14.2 Å². The van der Waals surface area contributed by atoms with Crippen molar-refractivity contribution in [3.63, 3.8) is 0 Å². The molecule has 0 radical (unpaired) electrons. The fourth-order valence-electron chi connectivity index (χ4n) is 1.46. The van der Waals surface area contributed by atoms with Crippen LogP contribution in [0.4, 0.5) is 0 Å². The molecule has 0 N–H and O–H groups in total. The molecule has 0 fully saturated rings. The highest BCUT2D eigenvalue weighted by Gasteiger charge is 2.36. The second-order valence-corrected chi connectivity index (χ2v) is 15.3. The maximum Gasteiger partial charge on any atom is 0.334 e. The van der Waals surface area contributed by atoms with Gasteiger partial charge in [0.1, 0.15) is 0 Å². The summed E-state index contributed by atoms with van der Waals surface area (Å²) in [7, 11) is -0.101. The number of ether oxygens (including phenoxy) is 1. The number of rotatable bonds is 10. The molecule has 0 aromatic heterocycles. The first kappa shape index (κ1) is 20.3. The molecule has 0 saturated carbocycles. The van der Waals surface area contributed by atoms with E-state index >= 15 is 0 Å². The molecule has 0 spiro atoms. The monoisotopic (exact) mass is 322 g/mol. The summed E-state index contributed by atoms with van der Waals surface area (Å²) in [6.07, 6.45) is 0.977. The topological polar surface area (TPSA) is 36.9 Å². The Bertz CT molecular complexity index is 260. The van der Waals surface area contributed by atoms with Gasteiger partial charge in [0.05, 0.1) is 13.2 Å². The highest BCUT2D eigenvalue weighted by Crippen LogP contribution is 2.36. The zero-order valence-electron chi connectivity index (χ0n) is 14.7. The lowest BCUT2D eigenvalue weighted by Gasteiger charge is -2.36. The molecule has 0 bridgehead atoms. The summed E-state index contributed by atoms with van der Waals surface area (Å²) in [6, 6.07) is 0.961. The first-order chi connectivity index (χ1) is 9.08. The first-order valence-electron chi connectivity index (χ1n) is 7.40. The summed E-state index contributed by atoms with van der Waals surface area (Å²) >= 11 is 0. The fourth-order valence-corrected chi connectivity index (χ4v) is 3.85. The van der Waals surface area contributed by atoms with E-state index in [0.717, 1.165) is 19.1 Å². The van der Waals surface area contributed by atoms with Gasteiger partial charge in [-0.1, -0.05) is 20.8 Å². The highest BCUT2D eigenvalue weighted by molar-refractivity contribution is 6.74. The fraction of sp³-hybridized carbons (Fsp3) is 1.00. The van der Waals surface area contributed by atoms with E-state index in [9.17, 15) is 0 Å². The SMILES string of the molecule is CO[Si](C)(CCCOCCO[Si](C)(C)C(C)(C)C)OC. The molecular weight excluding hydrogens is 288 g/mol. The molecule has 0 aliphatic rings. The Morgan fingerprint density at radius 1 is 0.850 bits per heavy atom. The van der Waals surface area contributed by atoms with E-state index in [-0.39, 0.29) is 5.04 Å². The van der Waals surface area contributed by atoms with Crippen LogP contribution in [0.2, 0.25) is 30.7 Å². The normalized spacial score (nSPS) is 13.8. The third kappa shape index (κ3) is 7.33. The van der Waals surface area contributed by atoms with Crippen molar-refractivity contribution in [3.8, 4) is 0 Å². The average Bonchev–Trinajstić information content (AvgIpc) is 2.36. The summed E-state index contributed by atoms with van der Waals surface area (Å²) in [5.41, 5.74) is 0. The van der Waals surface area contributed by atoms with E-state index in [1.165, 1.54) is 0 Å². The zero-order valence-corrected chi connectivity index (χ0v) is 16.7. The van der Waals surface area contributed by atoms with Crippen LogP contribution in [0.25, 0.3) is 0 Å². The van der Waals surface area contributed by atoms with Crippen LogP contribution in [0.5, 0.6) is 0 Å². The lowest BCUT2D eigenvalue weighted by molar-refractivity contribution is 0.0942. The second kappa shape index (κ2) is 8.65. The molecule has 0 amide bonds. The average molecular weight is 323 g/mol. The zero-order chi connectivity index (χ0) is 15.9. The molecule has 0 heterocycles. The summed E-state index contributed by atoms with van der Waals surface area (Å²) in [4.78, 5) is 0. The highest BCUT2D eigenvalue weighted by atomic mass is 28.4. The maximum atomic E-state index is 6.06. The predicted molar refractivity (Wildman–Crippen MR) is 89.0 cm³/mol. The van der Waals surface area contributed by atoms with Crippen LogP contribution in [0, 0.1) is 0 Å². The van der Waals surface area contributed by atoms with Crippen LogP contribution in [-0.4, -0.2) is 50.9 Å². The molecule has 4 nitrogen and oxygen atoms in total. The van der Waals surface area contributed by atoms with Gasteiger partial charge in [-0.15, -0.1) is 0 Å². The lowest BCUT2D eigenvalue weighted by Crippen LogP contribution is -2.41. The van der Waals surface area contributed by atoms with Gasteiger partial charge < -0.3 is 18.0 Å². The van der Waals surface area contributed by atoms with Crippen molar-refractivity contribution in [2.24, 2.45) is 0 Å². The van der Waals surface area contributed by atoms with Crippen LogP contribution in [-0.2, 0) is 18.0 Å². The molecule has 0 atom stereocenters. The molecular formula is C14H34O4Si2. The van der Waals surface area contributed by atoms with E-state index in [1.807, 2.05) is 0 Å². The molecule has 0 saturated heterocycles. The van der Waals surface area contributed by atoms with Crippen LogP contribution in [0.15, 0.2) is 0 Å². The Kier molecular flexibility index (Phi) is 8.77. The molecule has 6 heteroatoms. The van der Waals surface area contributed by atoms with Crippen LogP contribution < -0.4 is 0 Å². The van der Waals surface area contributed by atoms with Gasteiger partial charge in [0.2, 0.25) is 0 Å². The van der Waals surface area contributed by atoms with Crippen molar-refractivity contribution < 1.29 is 18.0 Å². The minimum Gasteiger partial charge on any atom is -0.414 e. The predicted octanol–water partition coefficient (Wildman–Crippen LogP) is 3.78. The van der Waals surface area contributed by atoms with Crippen molar-refractivity contribution in [3.05, 3.63) is 0 Å². The van der Waals surface area contributed by atoms with Crippen molar-refractivity contribution in [1.29, 1.82) is 0 Å². The Labute approximate surface area is 127 Å². The van der Waals surface area contributed by atoms with Gasteiger partial charge in [-0.05, 0) is 37.1 Å². The van der Waals surface area contributed by atoms with Gasteiger partial charge in [-0.25, -0.2) is 0 Å². The van der Waals surface area contributed by atoms with Gasteiger partial charge in [0, 0.05) is 20.8 Å². The molecule has 0 aromatic carbocycles. The van der Waals surface area contributed by atoms with Crippen molar-refractivity contribution in [2.45, 2.75) is 57.9 Å². The largest absolute Gasteiger partial charge is 0.414 e. The summed E-state index contributed by atoms with van der Waals surface area (Å²) in [5.74, 6) is 0. The summed E-state index contributed by atoms with van der Waals surface area (Å²) in [6.45, 7) is 15.5. The molecule has 122 valence electrons. The minimum absolute atomic E-state index is 0.261. The van der Waals surface area contributed by atoms with Gasteiger partial charge in [0.25, 0.3) is 0 Å². The van der Waals surface area contributed by atoms with Gasteiger partial charge in [-0.2, -0.15) is 0 Å². The number of hydrogen-bond acceptors (Lipinski definition) is 4. The third-order valence-corrected chi connectivity index (χ3v) is 11.8. The Morgan fingerprint density at radius 3 is 1.85 bits per heavy atom. The molecule has 0 aromatic rings. The Hall–Kier alpha value is 0.274. The first-order valence-corrected chi connectivity index (χ1v) is 12.8. The third-order valence-electron chi connectivity index (χ3n) is 4.28. The number of hydrogen-bond donors (Lipinski definition) is 0. The van der Waals surface area contributed by atoms with E-state index in [4.69, 9.17) is 18.0 Å². The Balaban J connectivity index is 3.70. The molecule has 0 unspecified atom stereocenters. The van der Waals surface area contributed by atoms with E-state index < -0.39 is 16.9 Å². The molecule has 0 aliphatic carbocycles. The second-order valence-electron chi connectivity index (χ2n) is 6.87. The van der Waals surface area contributed by atoms with E-state index in [2.05, 4.69) is 40.4 Å². The van der Waals surface area contributed by atoms with Gasteiger partial charge in [0.15, 0.2) is 8.32 Å². The van der Waals surface area contributed by atoms with E-state index in [0.29, 0.717) is 13.2 Å². The van der Waals surface area contributed by atoms with Crippen molar-refractivity contribution in [2.75, 3.05) is 34.0 Å². The summed E-state index contributed by atoms with van der Waals surface area (Å²) < 4.78 is 22.6. The Morgan fingerprint density at radius 2 is 1.40 bits per heavy atom. The van der Waals surface area contributed by atoms with Crippen molar-refractivity contribution in [1.82, 2.24) is 0 Å². The van der Waals surface area contributed by atoms with Crippen LogP contribution in [0.3, 0.4) is 0 Å². The quantitative estimate of drug-likeness (QED) is 0.453. The van der Waals surface area contributed by atoms with Crippen LogP contribution >= 0.6 is 0 Å². The maximum absolute atomic E-state index is 6.06. The lowest BCUT2D eigenvalue weighted by atomic mass is 10.2. The van der Waals surface area contributed by atoms with Gasteiger partial charge in [-0.3, -0.25) is 0 Å².